The van der Waals surface area contributed by atoms with Crippen molar-refractivity contribution in [1.82, 2.24) is 5.32 Å². The Labute approximate surface area is 106 Å². The first-order valence-corrected chi connectivity index (χ1v) is 7.28. The first kappa shape index (κ1) is 14.5. The van der Waals surface area contributed by atoms with Crippen LogP contribution in [0, 0.1) is 5.92 Å². The van der Waals surface area contributed by atoms with Gasteiger partial charge in [0.25, 0.3) is 0 Å². The molecule has 1 unspecified atom stereocenters. The zero-order valence-electron chi connectivity index (χ0n) is 11.2. The zero-order chi connectivity index (χ0) is 12.5. The van der Waals surface area contributed by atoms with Crippen molar-refractivity contribution < 1.29 is 4.79 Å². The maximum absolute atomic E-state index is 12.1. The van der Waals surface area contributed by atoms with E-state index in [1.807, 2.05) is 0 Å². The highest BCUT2D eigenvalue weighted by atomic mass is 16.1. The van der Waals surface area contributed by atoms with Crippen molar-refractivity contribution in [1.29, 1.82) is 0 Å². The van der Waals surface area contributed by atoms with Crippen molar-refractivity contribution in [2.75, 3.05) is 6.54 Å². The SMILES string of the molecule is CCCC(CN)NC(=O)C1CCCCCCC1. The molecule has 0 aromatic rings. The van der Waals surface area contributed by atoms with E-state index in [0.29, 0.717) is 6.54 Å². The third-order valence-corrected chi connectivity index (χ3v) is 3.74. The molecule has 3 N–H and O–H groups in total. The topological polar surface area (TPSA) is 55.1 Å². The summed E-state index contributed by atoms with van der Waals surface area (Å²) in [5.74, 6) is 0.483. The van der Waals surface area contributed by atoms with Gasteiger partial charge < -0.3 is 11.1 Å². The van der Waals surface area contributed by atoms with E-state index in [1.165, 1.54) is 32.1 Å². The number of carbonyl (C=O) groups is 1. The molecule has 100 valence electrons. The molecule has 3 nitrogen and oxygen atoms in total. The smallest absolute Gasteiger partial charge is 0.223 e. The second-order valence-corrected chi connectivity index (χ2v) is 5.27. The molecule has 3 heteroatoms. The highest BCUT2D eigenvalue weighted by molar-refractivity contribution is 5.78. The Balaban J connectivity index is 2.37. The van der Waals surface area contributed by atoms with Crippen LogP contribution in [0.4, 0.5) is 0 Å². The molecule has 0 bridgehead atoms. The average molecular weight is 240 g/mol. The molecule has 1 aliphatic carbocycles. The van der Waals surface area contributed by atoms with Gasteiger partial charge in [0.2, 0.25) is 5.91 Å². The van der Waals surface area contributed by atoms with Crippen molar-refractivity contribution in [2.24, 2.45) is 11.7 Å². The molecule has 0 aliphatic heterocycles. The van der Waals surface area contributed by atoms with E-state index in [2.05, 4.69) is 12.2 Å². The Morgan fingerprint density at radius 1 is 1.24 bits per heavy atom. The summed E-state index contributed by atoms with van der Waals surface area (Å²) in [5, 5.41) is 3.12. The van der Waals surface area contributed by atoms with Crippen molar-refractivity contribution in [2.45, 2.75) is 70.8 Å². The molecule has 1 amide bonds. The molecule has 17 heavy (non-hydrogen) atoms. The van der Waals surface area contributed by atoms with Gasteiger partial charge in [-0.15, -0.1) is 0 Å². The second-order valence-electron chi connectivity index (χ2n) is 5.27. The molecule has 1 atom stereocenters. The third kappa shape index (κ3) is 5.53. The molecule has 1 saturated carbocycles. The van der Waals surface area contributed by atoms with Gasteiger partial charge in [0.15, 0.2) is 0 Å². The zero-order valence-corrected chi connectivity index (χ0v) is 11.2. The van der Waals surface area contributed by atoms with Crippen LogP contribution in [0.5, 0.6) is 0 Å². The molecule has 0 heterocycles. The predicted molar refractivity (Wildman–Crippen MR) is 71.7 cm³/mol. The van der Waals surface area contributed by atoms with Crippen LogP contribution in [0.3, 0.4) is 0 Å². The van der Waals surface area contributed by atoms with Crippen molar-refractivity contribution in [3.8, 4) is 0 Å². The maximum atomic E-state index is 12.1. The van der Waals surface area contributed by atoms with Crippen LogP contribution < -0.4 is 11.1 Å². The number of amides is 1. The minimum Gasteiger partial charge on any atom is -0.352 e. The number of rotatable bonds is 5. The van der Waals surface area contributed by atoms with Crippen molar-refractivity contribution in [3.63, 3.8) is 0 Å². The Bertz CT molecular complexity index is 210. The highest BCUT2D eigenvalue weighted by Crippen LogP contribution is 2.22. The van der Waals surface area contributed by atoms with Crippen LogP contribution in [-0.2, 0) is 4.79 Å². The maximum Gasteiger partial charge on any atom is 0.223 e. The van der Waals surface area contributed by atoms with Gasteiger partial charge in [0.05, 0.1) is 0 Å². The minimum atomic E-state index is 0.179. The van der Waals surface area contributed by atoms with Crippen LogP contribution in [0.25, 0.3) is 0 Å². The molecule has 1 fully saturated rings. The van der Waals surface area contributed by atoms with E-state index < -0.39 is 0 Å². The average Bonchev–Trinajstić information content (AvgIpc) is 2.27. The Kier molecular flexibility index (Phi) is 7.25. The van der Waals surface area contributed by atoms with Crippen LogP contribution in [-0.4, -0.2) is 18.5 Å². The van der Waals surface area contributed by atoms with Crippen LogP contribution in [0.15, 0.2) is 0 Å². The summed E-state index contributed by atoms with van der Waals surface area (Å²) in [4.78, 5) is 12.1. The second kappa shape index (κ2) is 8.51. The summed E-state index contributed by atoms with van der Waals surface area (Å²) in [6.45, 7) is 2.69. The van der Waals surface area contributed by atoms with E-state index in [9.17, 15) is 4.79 Å². The van der Waals surface area contributed by atoms with Gasteiger partial charge in [0.1, 0.15) is 0 Å². The first-order chi connectivity index (χ1) is 8.27. The third-order valence-electron chi connectivity index (χ3n) is 3.74. The monoisotopic (exact) mass is 240 g/mol. The summed E-state index contributed by atoms with van der Waals surface area (Å²) in [7, 11) is 0. The van der Waals surface area contributed by atoms with Gasteiger partial charge >= 0.3 is 0 Å². The quantitative estimate of drug-likeness (QED) is 0.776. The lowest BCUT2D eigenvalue weighted by atomic mass is 9.90. The van der Waals surface area contributed by atoms with Crippen LogP contribution >= 0.6 is 0 Å². The molecule has 0 saturated heterocycles. The lowest BCUT2D eigenvalue weighted by Gasteiger charge is -2.23. The summed E-state index contributed by atoms with van der Waals surface area (Å²) in [6, 6.07) is 0.179. The first-order valence-electron chi connectivity index (χ1n) is 7.28. The summed E-state index contributed by atoms with van der Waals surface area (Å²) in [6.07, 6.45) is 10.5. The fourth-order valence-electron chi connectivity index (χ4n) is 2.63. The number of carbonyl (C=O) groups excluding carboxylic acids is 1. The van der Waals surface area contributed by atoms with Gasteiger partial charge in [-0.1, -0.05) is 45.4 Å². The molecular weight excluding hydrogens is 212 g/mol. The minimum absolute atomic E-state index is 0.179. The van der Waals surface area contributed by atoms with E-state index in [1.54, 1.807) is 0 Å². The van der Waals surface area contributed by atoms with Gasteiger partial charge in [-0.25, -0.2) is 0 Å². The van der Waals surface area contributed by atoms with E-state index in [4.69, 9.17) is 5.73 Å². The van der Waals surface area contributed by atoms with E-state index >= 15 is 0 Å². The standard InChI is InChI=1S/C14H28N2O/c1-2-8-13(11-15)16-14(17)12-9-6-4-3-5-7-10-12/h12-13H,2-11,15H2,1H3,(H,16,17). The number of hydrogen-bond acceptors (Lipinski definition) is 2. The predicted octanol–water partition coefficient (Wildman–Crippen LogP) is 2.59. The molecular formula is C14H28N2O. The fourth-order valence-corrected chi connectivity index (χ4v) is 2.63. The summed E-state index contributed by atoms with van der Waals surface area (Å²) < 4.78 is 0. The van der Waals surface area contributed by atoms with Crippen LogP contribution in [0.2, 0.25) is 0 Å². The fraction of sp³-hybridized carbons (Fsp3) is 0.929. The summed E-state index contributed by atoms with van der Waals surface area (Å²) in [5.41, 5.74) is 5.68. The Morgan fingerprint density at radius 2 is 1.82 bits per heavy atom. The van der Waals surface area contributed by atoms with Gasteiger partial charge in [-0.2, -0.15) is 0 Å². The molecule has 1 rings (SSSR count). The Hall–Kier alpha value is -0.570. The van der Waals surface area contributed by atoms with E-state index in [-0.39, 0.29) is 17.9 Å². The number of hydrogen-bond donors (Lipinski definition) is 2. The molecule has 0 aromatic carbocycles. The van der Waals surface area contributed by atoms with Crippen LogP contribution in [0.1, 0.15) is 64.7 Å². The lowest BCUT2D eigenvalue weighted by molar-refractivity contribution is -0.126. The van der Waals surface area contributed by atoms with Crippen molar-refractivity contribution in [3.05, 3.63) is 0 Å². The van der Waals surface area contributed by atoms with Crippen molar-refractivity contribution >= 4 is 5.91 Å². The normalized spacial score (nSPS) is 20.4. The Morgan fingerprint density at radius 3 is 2.35 bits per heavy atom. The molecule has 1 aliphatic rings. The highest BCUT2D eigenvalue weighted by Gasteiger charge is 2.21. The molecule has 0 radical (unpaired) electrons. The molecule has 0 aromatic heterocycles. The largest absolute Gasteiger partial charge is 0.352 e. The van der Waals surface area contributed by atoms with Gasteiger partial charge in [-0.05, 0) is 19.3 Å². The van der Waals surface area contributed by atoms with Gasteiger partial charge in [0, 0.05) is 18.5 Å². The molecule has 0 spiro atoms. The number of nitrogens with one attached hydrogen (secondary N) is 1. The van der Waals surface area contributed by atoms with Gasteiger partial charge in [-0.3, -0.25) is 4.79 Å². The van der Waals surface area contributed by atoms with E-state index in [0.717, 1.165) is 25.7 Å². The number of nitrogens with two attached hydrogens (primary N) is 1. The lowest BCUT2D eigenvalue weighted by Crippen LogP contribution is -2.43. The summed E-state index contributed by atoms with van der Waals surface area (Å²) >= 11 is 0.